The molecule has 0 atom stereocenters. The van der Waals surface area contributed by atoms with E-state index in [1.54, 1.807) is 11.1 Å². The molecule has 0 aliphatic heterocycles. The number of hydrogen-bond acceptors (Lipinski definition) is 4. The first-order valence-corrected chi connectivity index (χ1v) is 6.80. The molecule has 1 aromatic heterocycles. The third-order valence-corrected chi connectivity index (χ3v) is 3.29. The lowest BCUT2D eigenvalue weighted by atomic mass is 10.2. The quantitative estimate of drug-likeness (QED) is 0.932. The van der Waals surface area contributed by atoms with E-state index >= 15 is 0 Å². The van der Waals surface area contributed by atoms with Crippen molar-refractivity contribution < 1.29 is 9.90 Å². The van der Waals surface area contributed by atoms with Gasteiger partial charge >= 0.3 is 5.97 Å². The van der Waals surface area contributed by atoms with E-state index in [1.807, 2.05) is 52.1 Å². The first kappa shape index (κ1) is 15.0. The van der Waals surface area contributed by atoms with Gasteiger partial charge in [-0.25, -0.2) is 14.8 Å². The predicted octanol–water partition coefficient (Wildman–Crippen LogP) is 3.37. The molecule has 5 heteroatoms. The average molecular weight is 285 g/mol. The Hall–Kier alpha value is -2.43. The second-order valence-corrected chi connectivity index (χ2v) is 5.32. The molecule has 0 aliphatic carbocycles. The summed E-state index contributed by atoms with van der Waals surface area (Å²) in [6.07, 6.45) is 1.58. The summed E-state index contributed by atoms with van der Waals surface area (Å²) in [6.45, 7) is 5.88. The maximum Gasteiger partial charge on any atom is 0.356 e. The molecular weight excluding hydrogens is 266 g/mol. The number of hydrogen-bond donors (Lipinski definition) is 1. The first-order valence-electron chi connectivity index (χ1n) is 6.80. The van der Waals surface area contributed by atoms with Crippen LogP contribution >= 0.6 is 0 Å². The van der Waals surface area contributed by atoms with Crippen LogP contribution in [0.4, 0.5) is 11.4 Å². The minimum absolute atomic E-state index is 0.0248. The van der Waals surface area contributed by atoms with Crippen molar-refractivity contribution in [3.05, 3.63) is 47.5 Å². The lowest BCUT2D eigenvalue weighted by Crippen LogP contribution is -2.17. The van der Waals surface area contributed by atoms with Gasteiger partial charge in [-0.05, 0) is 19.1 Å². The molecule has 0 aliphatic rings. The van der Waals surface area contributed by atoms with E-state index in [1.165, 1.54) is 0 Å². The van der Waals surface area contributed by atoms with Crippen LogP contribution in [0.25, 0.3) is 0 Å². The molecule has 0 saturated carbocycles. The normalized spacial score (nSPS) is 10.7. The summed E-state index contributed by atoms with van der Waals surface area (Å²) in [5.41, 5.74) is 2.55. The molecular formula is C16H19N3O2. The summed E-state index contributed by atoms with van der Waals surface area (Å²) in [4.78, 5) is 21.7. The van der Waals surface area contributed by atoms with E-state index in [4.69, 9.17) is 0 Å². The van der Waals surface area contributed by atoms with Crippen LogP contribution in [0.5, 0.6) is 0 Å². The molecule has 21 heavy (non-hydrogen) atoms. The van der Waals surface area contributed by atoms with Gasteiger partial charge in [0.1, 0.15) is 5.82 Å². The largest absolute Gasteiger partial charge is 0.476 e. The van der Waals surface area contributed by atoms with Gasteiger partial charge in [0.15, 0.2) is 5.69 Å². The van der Waals surface area contributed by atoms with Crippen LogP contribution in [0.3, 0.4) is 0 Å². The number of anilines is 2. The first-order chi connectivity index (χ1) is 9.90. The molecule has 110 valence electrons. The molecule has 0 unspecified atom stereocenters. The van der Waals surface area contributed by atoms with Gasteiger partial charge in [-0.15, -0.1) is 0 Å². The summed E-state index contributed by atoms with van der Waals surface area (Å²) in [5, 5.41) is 9.39. The molecule has 1 heterocycles. The number of aromatic carboxylic acids is 1. The zero-order valence-corrected chi connectivity index (χ0v) is 12.7. The standard InChI is InChI=1S/C16H19N3O2/c1-10(2)15-17-9-13(14(18-15)16(20)21)19(4)12-7-5-11(3)6-8-12/h5-10H,1-4H3,(H,20,21). The second-order valence-electron chi connectivity index (χ2n) is 5.32. The van der Waals surface area contributed by atoms with Crippen LogP contribution in [-0.4, -0.2) is 28.1 Å². The SMILES string of the molecule is Cc1ccc(N(C)c2cnc(C(C)C)nc2C(=O)O)cc1. The highest BCUT2D eigenvalue weighted by atomic mass is 16.4. The van der Waals surface area contributed by atoms with Crippen LogP contribution in [0, 0.1) is 6.92 Å². The topological polar surface area (TPSA) is 66.3 Å². The third-order valence-electron chi connectivity index (χ3n) is 3.29. The van der Waals surface area contributed by atoms with Crippen LogP contribution in [-0.2, 0) is 0 Å². The Morgan fingerprint density at radius 1 is 1.24 bits per heavy atom. The van der Waals surface area contributed by atoms with Crippen LogP contribution < -0.4 is 4.90 Å². The monoisotopic (exact) mass is 285 g/mol. The number of aromatic nitrogens is 2. The lowest BCUT2D eigenvalue weighted by Gasteiger charge is -2.21. The van der Waals surface area contributed by atoms with Crippen molar-refractivity contribution in [3.8, 4) is 0 Å². The summed E-state index contributed by atoms with van der Waals surface area (Å²) >= 11 is 0. The number of nitrogens with zero attached hydrogens (tertiary/aromatic N) is 3. The number of benzene rings is 1. The summed E-state index contributed by atoms with van der Waals surface area (Å²) < 4.78 is 0. The highest BCUT2D eigenvalue weighted by molar-refractivity contribution is 5.93. The highest BCUT2D eigenvalue weighted by Crippen LogP contribution is 2.26. The molecule has 1 N–H and O–H groups in total. The Morgan fingerprint density at radius 2 is 1.86 bits per heavy atom. The maximum absolute atomic E-state index is 11.5. The van der Waals surface area contributed by atoms with Crippen molar-refractivity contribution in [2.24, 2.45) is 0 Å². The lowest BCUT2D eigenvalue weighted by molar-refractivity contribution is 0.0690. The van der Waals surface area contributed by atoms with E-state index in [0.717, 1.165) is 11.3 Å². The Kier molecular flexibility index (Phi) is 4.21. The molecule has 5 nitrogen and oxygen atoms in total. The minimum Gasteiger partial charge on any atom is -0.476 e. The molecule has 2 rings (SSSR count). The highest BCUT2D eigenvalue weighted by Gasteiger charge is 2.19. The number of carboxylic acid groups (broad SMARTS) is 1. The molecule has 0 bridgehead atoms. The van der Waals surface area contributed by atoms with Crippen molar-refractivity contribution in [2.45, 2.75) is 26.7 Å². The fourth-order valence-electron chi connectivity index (χ4n) is 1.98. The smallest absolute Gasteiger partial charge is 0.356 e. The molecule has 0 spiro atoms. The Balaban J connectivity index is 2.47. The maximum atomic E-state index is 11.5. The fraction of sp³-hybridized carbons (Fsp3) is 0.312. The Bertz CT molecular complexity index is 651. The number of aryl methyl sites for hydroxylation is 1. The number of carbonyl (C=O) groups is 1. The van der Waals surface area contributed by atoms with Gasteiger partial charge in [0.25, 0.3) is 0 Å². The number of rotatable bonds is 4. The fourth-order valence-corrected chi connectivity index (χ4v) is 1.98. The zero-order valence-electron chi connectivity index (χ0n) is 12.7. The van der Waals surface area contributed by atoms with Crippen LogP contribution in [0.15, 0.2) is 30.5 Å². The molecule has 0 saturated heterocycles. The zero-order chi connectivity index (χ0) is 15.6. The van der Waals surface area contributed by atoms with Crippen LogP contribution in [0.2, 0.25) is 0 Å². The van der Waals surface area contributed by atoms with Crippen LogP contribution in [0.1, 0.15) is 41.6 Å². The van der Waals surface area contributed by atoms with Crippen molar-refractivity contribution in [1.29, 1.82) is 0 Å². The van der Waals surface area contributed by atoms with Gasteiger partial charge in [0, 0.05) is 18.7 Å². The van der Waals surface area contributed by atoms with E-state index in [-0.39, 0.29) is 11.6 Å². The Labute approximate surface area is 124 Å². The van der Waals surface area contributed by atoms with E-state index in [2.05, 4.69) is 9.97 Å². The molecule has 2 aromatic rings. The Morgan fingerprint density at radius 3 is 2.38 bits per heavy atom. The van der Waals surface area contributed by atoms with Gasteiger partial charge in [0.05, 0.1) is 11.9 Å². The van der Waals surface area contributed by atoms with E-state index in [9.17, 15) is 9.90 Å². The predicted molar refractivity (Wildman–Crippen MR) is 82.3 cm³/mol. The number of carboxylic acids is 1. The summed E-state index contributed by atoms with van der Waals surface area (Å²) in [6, 6.07) is 7.85. The van der Waals surface area contributed by atoms with Gasteiger partial charge in [-0.3, -0.25) is 0 Å². The van der Waals surface area contributed by atoms with Gasteiger partial charge < -0.3 is 10.0 Å². The van der Waals surface area contributed by atoms with Gasteiger partial charge in [-0.1, -0.05) is 31.5 Å². The van der Waals surface area contributed by atoms with E-state index < -0.39 is 5.97 Å². The second kappa shape index (κ2) is 5.91. The summed E-state index contributed by atoms with van der Waals surface area (Å²) in [5.74, 6) is -0.427. The molecule has 0 radical (unpaired) electrons. The molecule has 1 aromatic carbocycles. The van der Waals surface area contributed by atoms with Crippen molar-refractivity contribution in [3.63, 3.8) is 0 Å². The van der Waals surface area contributed by atoms with Crippen molar-refractivity contribution in [2.75, 3.05) is 11.9 Å². The molecule has 0 amide bonds. The van der Waals surface area contributed by atoms with E-state index in [0.29, 0.717) is 11.5 Å². The summed E-state index contributed by atoms with van der Waals surface area (Å²) in [7, 11) is 1.81. The third kappa shape index (κ3) is 3.18. The van der Waals surface area contributed by atoms with Crippen molar-refractivity contribution >= 4 is 17.3 Å². The average Bonchev–Trinajstić information content (AvgIpc) is 2.46. The van der Waals surface area contributed by atoms with Crippen molar-refractivity contribution in [1.82, 2.24) is 9.97 Å². The molecule has 0 fully saturated rings. The minimum atomic E-state index is -1.05. The van der Waals surface area contributed by atoms with Gasteiger partial charge in [-0.2, -0.15) is 0 Å². The van der Waals surface area contributed by atoms with Gasteiger partial charge in [0.2, 0.25) is 0 Å².